The maximum Gasteiger partial charge on any atom is 0.380 e. The summed E-state index contributed by atoms with van der Waals surface area (Å²) in [7, 11) is 0. The number of hydrogen-bond acceptors (Lipinski definition) is 3. The molecular weight excluding hydrogens is 194 g/mol. The number of ether oxygens (including phenoxy) is 1. The van der Waals surface area contributed by atoms with Crippen LogP contribution in [0, 0.1) is 0 Å². The Morgan fingerprint density at radius 1 is 1.43 bits per heavy atom. The fraction of sp³-hybridized carbons (Fsp3) is 0.889. The molecule has 0 fully saturated rings. The van der Waals surface area contributed by atoms with Crippen molar-refractivity contribution in [2.75, 3.05) is 0 Å². The summed E-state index contributed by atoms with van der Waals surface area (Å²) in [5.41, 5.74) is -0.978. The van der Waals surface area contributed by atoms with Crippen molar-refractivity contribution in [1.29, 1.82) is 0 Å². The largest absolute Gasteiger partial charge is 0.455 e. The quantitative estimate of drug-likeness (QED) is 0.721. The highest BCUT2D eigenvalue weighted by Crippen LogP contribution is 2.25. The van der Waals surface area contributed by atoms with E-state index in [9.17, 15) is 13.6 Å². The molecule has 84 valence electrons. The maximum atomic E-state index is 13.0. The summed E-state index contributed by atoms with van der Waals surface area (Å²) in [6, 6.07) is 0. The molecule has 0 aliphatic rings. The Bertz CT molecular complexity index is 209. The van der Waals surface area contributed by atoms with Crippen LogP contribution in [0.2, 0.25) is 0 Å². The topological polar surface area (TPSA) is 46.5 Å². The van der Waals surface area contributed by atoms with E-state index in [2.05, 4.69) is 4.74 Å². The molecule has 1 unspecified atom stereocenters. The van der Waals surface area contributed by atoms with Crippen molar-refractivity contribution >= 4 is 5.97 Å². The van der Waals surface area contributed by atoms with E-state index in [1.807, 2.05) is 0 Å². The number of aliphatic hydroxyl groups is 1. The predicted octanol–water partition coefficient (Wildman–Crippen LogP) is 1.73. The molecule has 1 N–H and O–H groups in total. The first kappa shape index (κ1) is 13.3. The van der Waals surface area contributed by atoms with Gasteiger partial charge >= 0.3 is 11.9 Å². The maximum absolute atomic E-state index is 13.0. The van der Waals surface area contributed by atoms with E-state index in [4.69, 9.17) is 5.11 Å². The number of hydrogen-bond donors (Lipinski definition) is 1. The third-order valence-electron chi connectivity index (χ3n) is 1.48. The summed E-state index contributed by atoms with van der Waals surface area (Å²) in [5.74, 6) is -5.51. The normalized spacial score (nSPS) is 15.1. The third-order valence-corrected chi connectivity index (χ3v) is 1.48. The van der Waals surface area contributed by atoms with Gasteiger partial charge in [-0.3, -0.25) is 0 Å². The van der Waals surface area contributed by atoms with Crippen LogP contribution in [0.15, 0.2) is 0 Å². The zero-order valence-corrected chi connectivity index (χ0v) is 8.80. The molecule has 0 amide bonds. The monoisotopic (exact) mass is 210 g/mol. The summed E-state index contributed by atoms with van der Waals surface area (Å²) < 4.78 is 30.5. The van der Waals surface area contributed by atoms with Crippen molar-refractivity contribution in [3.05, 3.63) is 0 Å². The van der Waals surface area contributed by atoms with Gasteiger partial charge in [0.2, 0.25) is 0 Å². The van der Waals surface area contributed by atoms with Crippen molar-refractivity contribution in [1.82, 2.24) is 0 Å². The van der Waals surface area contributed by atoms with Crippen LogP contribution < -0.4 is 0 Å². The van der Waals surface area contributed by atoms with E-state index in [0.717, 1.165) is 0 Å². The van der Waals surface area contributed by atoms with E-state index < -0.39 is 23.6 Å². The SMILES string of the molecule is CCC(O)C(F)(F)C(=O)OC(C)(C)C. The third kappa shape index (κ3) is 3.57. The van der Waals surface area contributed by atoms with Gasteiger partial charge in [-0.05, 0) is 27.2 Å². The molecule has 0 aromatic carbocycles. The number of rotatable bonds is 3. The molecule has 0 heterocycles. The van der Waals surface area contributed by atoms with Crippen molar-refractivity contribution in [2.45, 2.75) is 51.7 Å². The number of esters is 1. The Hall–Kier alpha value is -0.710. The van der Waals surface area contributed by atoms with Crippen molar-refractivity contribution in [3.8, 4) is 0 Å². The van der Waals surface area contributed by atoms with Gasteiger partial charge in [0.25, 0.3) is 0 Å². The van der Waals surface area contributed by atoms with E-state index in [-0.39, 0.29) is 6.42 Å². The van der Waals surface area contributed by atoms with Crippen LogP contribution >= 0.6 is 0 Å². The number of aliphatic hydroxyl groups excluding tert-OH is 1. The van der Waals surface area contributed by atoms with E-state index in [0.29, 0.717) is 0 Å². The average Bonchev–Trinajstić information content (AvgIpc) is 1.99. The zero-order valence-electron chi connectivity index (χ0n) is 8.80. The summed E-state index contributed by atoms with van der Waals surface area (Å²) in [6.07, 6.45) is -2.19. The minimum atomic E-state index is -3.83. The molecule has 1 atom stereocenters. The van der Waals surface area contributed by atoms with E-state index in [1.165, 1.54) is 27.7 Å². The van der Waals surface area contributed by atoms with Gasteiger partial charge in [-0.1, -0.05) is 6.92 Å². The first-order chi connectivity index (χ1) is 6.11. The second-order valence-electron chi connectivity index (χ2n) is 4.05. The van der Waals surface area contributed by atoms with Gasteiger partial charge < -0.3 is 9.84 Å². The number of alkyl halides is 2. The molecule has 0 aromatic heterocycles. The molecule has 0 radical (unpaired) electrons. The van der Waals surface area contributed by atoms with Gasteiger partial charge in [-0.2, -0.15) is 8.78 Å². The fourth-order valence-electron chi connectivity index (χ4n) is 0.739. The number of carbonyl (C=O) groups excluding carboxylic acids is 1. The lowest BCUT2D eigenvalue weighted by Gasteiger charge is -2.25. The summed E-state index contributed by atoms with van der Waals surface area (Å²) in [5, 5.41) is 8.90. The molecule has 0 rings (SSSR count). The summed E-state index contributed by atoms with van der Waals surface area (Å²) in [6.45, 7) is 5.82. The van der Waals surface area contributed by atoms with Gasteiger partial charge in [0.05, 0.1) is 0 Å². The van der Waals surface area contributed by atoms with Crippen molar-refractivity contribution < 1.29 is 23.4 Å². The highest BCUT2D eigenvalue weighted by molar-refractivity contribution is 5.78. The molecule has 14 heavy (non-hydrogen) atoms. The van der Waals surface area contributed by atoms with Gasteiger partial charge in [0.1, 0.15) is 11.7 Å². The van der Waals surface area contributed by atoms with Gasteiger partial charge in [-0.15, -0.1) is 0 Å². The molecule has 0 saturated heterocycles. The smallest absolute Gasteiger partial charge is 0.380 e. The lowest BCUT2D eigenvalue weighted by Crippen LogP contribution is -2.45. The number of halogens is 2. The van der Waals surface area contributed by atoms with Crippen LogP contribution in [0.25, 0.3) is 0 Å². The van der Waals surface area contributed by atoms with Crippen LogP contribution in [0.1, 0.15) is 34.1 Å². The van der Waals surface area contributed by atoms with E-state index in [1.54, 1.807) is 0 Å². The van der Waals surface area contributed by atoms with Crippen LogP contribution in [-0.2, 0) is 9.53 Å². The van der Waals surface area contributed by atoms with Crippen LogP contribution in [0.4, 0.5) is 8.78 Å². The van der Waals surface area contributed by atoms with Gasteiger partial charge in [0.15, 0.2) is 0 Å². The number of carbonyl (C=O) groups is 1. The highest BCUT2D eigenvalue weighted by atomic mass is 19.3. The standard InChI is InChI=1S/C9H16F2O3/c1-5-6(12)9(10,11)7(13)14-8(2,3)4/h6,12H,5H2,1-4H3. The lowest BCUT2D eigenvalue weighted by atomic mass is 10.1. The van der Waals surface area contributed by atoms with Crippen molar-refractivity contribution in [3.63, 3.8) is 0 Å². The average molecular weight is 210 g/mol. The first-order valence-corrected chi connectivity index (χ1v) is 4.40. The second-order valence-corrected chi connectivity index (χ2v) is 4.05. The van der Waals surface area contributed by atoms with Gasteiger partial charge in [-0.25, -0.2) is 4.79 Å². The molecule has 0 bridgehead atoms. The Labute approximate surface area is 82.1 Å². The summed E-state index contributed by atoms with van der Waals surface area (Å²) in [4.78, 5) is 10.9. The Balaban J connectivity index is 4.52. The summed E-state index contributed by atoms with van der Waals surface area (Å²) >= 11 is 0. The second kappa shape index (κ2) is 4.21. The molecule has 0 spiro atoms. The van der Waals surface area contributed by atoms with E-state index >= 15 is 0 Å². The Morgan fingerprint density at radius 3 is 2.14 bits per heavy atom. The fourth-order valence-corrected chi connectivity index (χ4v) is 0.739. The van der Waals surface area contributed by atoms with Crippen molar-refractivity contribution in [2.24, 2.45) is 0 Å². The molecule has 0 aliphatic carbocycles. The molecule has 0 saturated carbocycles. The molecule has 0 aromatic rings. The Morgan fingerprint density at radius 2 is 1.86 bits per heavy atom. The van der Waals surface area contributed by atoms with Crippen LogP contribution in [-0.4, -0.2) is 28.7 Å². The first-order valence-electron chi connectivity index (χ1n) is 4.40. The minimum Gasteiger partial charge on any atom is -0.455 e. The minimum absolute atomic E-state index is 0.202. The molecule has 0 aliphatic heterocycles. The molecule has 3 nitrogen and oxygen atoms in total. The Kier molecular flexibility index (Phi) is 4.00. The zero-order chi connectivity index (χ0) is 11.6. The lowest BCUT2D eigenvalue weighted by molar-refractivity contribution is -0.199. The highest BCUT2D eigenvalue weighted by Gasteiger charge is 2.48. The van der Waals surface area contributed by atoms with Crippen LogP contribution in [0.5, 0.6) is 0 Å². The predicted molar refractivity (Wildman–Crippen MR) is 47.1 cm³/mol. The van der Waals surface area contributed by atoms with Gasteiger partial charge in [0, 0.05) is 0 Å². The van der Waals surface area contributed by atoms with Crippen LogP contribution in [0.3, 0.4) is 0 Å². The molecular formula is C9H16F2O3. The molecule has 5 heteroatoms.